The van der Waals surface area contributed by atoms with E-state index in [1.165, 1.54) is 31.4 Å². The zero-order valence-corrected chi connectivity index (χ0v) is 15.6. The Labute approximate surface area is 168 Å². The summed E-state index contributed by atoms with van der Waals surface area (Å²) >= 11 is 0. The maximum atomic E-state index is 12.4. The van der Waals surface area contributed by atoms with E-state index < -0.39 is 13.2 Å². The SMILES string of the molecule is COc1cccc(OB(F)F)c1C([O-])=CC=C1C=CC=C1.[Fe+2].c1cc[cH-]c1. The van der Waals surface area contributed by atoms with E-state index >= 15 is 0 Å². The molecule has 2 aromatic carbocycles. The van der Waals surface area contributed by atoms with Crippen LogP contribution in [0, 0.1) is 0 Å². The first-order chi connectivity index (χ1) is 12.6. The number of allylic oxidation sites excluding steroid dienone is 7. The summed E-state index contributed by atoms with van der Waals surface area (Å²) in [5.41, 5.74) is 0.817. The van der Waals surface area contributed by atoms with E-state index in [4.69, 9.17) is 4.74 Å². The third kappa shape index (κ3) is 7.25. The van der Waals surface area contributed by atoms with E-state index in [9.17, 15) is 13.7 Å². The van der Waals surface area contributed by atoms with Gasteiger partial charge >= 0.3 is 24.5 Å². The van der Waals surface area contributed by atoms with Crippen molar-refractivity contribution in [1.82, 2.24) is 0 Å². The Kier molecular flexibility index (Phi) is 9.87. The van der Waals surface area contributed by atoms with Crippen LogP contribution < -0.4 is 14.5 Å². The summed E-state index contributed by atoms with van der Waals surface area (Å²) in [5, 5.41) is 12.2. The van der Waals surface area contributed by atoms with Crippen molar-refractivity contribution in [3.05, 3.63) is 96.1 Å². The van der Waals surface area contributed by atoms with Gasteiger partial charge in [-0.2, -0.15) is 18.2 Å². The summed E-state index contributed by atoms with van der Waals surface area (Å²) in [6.07, 6.45) is 10.2. The Balaban J connectivity index is 0.000000526. The average molecular weight is 410 g/mol. The second-order valence-electron chi connectivity index (χ2n) is 5.09. The van der Waals surface area contributed by atoms with Gasteiger partial charge in [0, 0.05) is 5.56 Å². The van der Waals surface area contributed by atoms with Crippen molar-refractivity contribution in [2.45, 2.75) is 0 Å². The molecule has 0 N–H and O–H groups in total. The van der Waals surface area contributed by atoms with Crippen molar-refractivity contribution < 1.29 is 40.2 Å². The Morgan fingerprint density at radius 3 is 2.22 bits per heavy atom. The summed E-state index contributed by atoms with van der Waals surface area (Å²) in [7, 11) is -1.65. The Bertz CT molecular complexity index is 781. The molecule has 0 spiro atoms. The zero-order chi connectivity index (χ0) is 18.8. The number of rotatable bonds is 5. The van der Waals surface area contributed by atoms with Crippen LogP contribution in [0.25, 0.3) is 5.76 Å². The summed E-state index contributed by atoms with van der Waals surface area (Å²) in [6.45, 7) is 0. The second-order valence-corrected chi connectivity index (χ2v) is 5.09. The minimum atomic E-state index is -3.01. The van der Waals surface area contributed by atoms with Gasteiger partial charge in [0.15, 0.2) is 0 Å². The van der Waals surface area contributed by atoms with Crippen molar-refractivity contribution in [3.63, 3.8) is 0 Å². The number of methoxy groups -OCH3 is 1. The second kappa shape index (κ2) is 11.9. The van der Waals surface area contributed by atoms with Crippen LogP contribution in [0.2, 0.25) is 0 Å². The topological polar surface area (TPSA) is 41.5 Å². The van der Waals surface area contributed by atoms with Crippen LogP contribution in [0.4, 0.5) is 8.63 Å². The van der Waals surface area contributed by atoms with Gasteiger partial charge in [-0.3, -0.25) is 0 Å². The number of halogens is 2. The molecule has 0 atom stereocenters. The molecule has 0 unspecified atom stereocenters. The van der Waals surface area contributed by atoms with E-state index in [0.717, 1.165) is 5.57 Å². The van der Waals surface area contributed by atoms with Gasteiger partial charge in [0.2, 0.25) is 0 Å². The minimum absolute atomic E-state index is 0. The summed E-state index contributed by atoms with van der Waals surface area (Å²) in [4.78, 5) is 0. The van der Waals surface area contributed by atoms with E-state index in [1.54, 1.807) is 6.08 Å². The molecule has 1 aliphatic carbocycles. The maximum absolute atomic E-state index is 12.4. The van der Waals surface area contributed by atoms with E-state index in [0.29, 0.717) is 0 Å². The number of hydrogen-bond donors (Lipinski definition) is 0. The smallest absolute Gasteiger partial charge is 0.872 e. The minimum Gasteiger partial charge on any atom is -0.872 e. The Hall–Kier alpha value is -2.63. The number of ether oxygens (including phenoxy) is 1. The molecule has 1 aliphatic rings. The molecule has 2 aromatic rings. The van der Waals surface area contributed by atoms with E-state index in [1.807, 2.05) is 54.6 Å². The summed E-state index contributed by atoms with van der Waals surface area (Å²) < 4.78 is 34.3. The molecule has 7 heteroatoms. The van der Waals surface area contributed by atoms with E-state index in [-0.39, 0.29) is 34.1 Å². The fourth-order valence-electron chi connectivity index (χ4n) is 2.19. The van der Waals surface area contributed by atoms with Gasteiger partial charge in [-0.05, 0) is 17.7 Å². The molecule has 3 rings (SSSR count). The predicted octanol–water partition coefficient (Wildman–Crippen LogP) is 4.15. The third-order valence-electron chi connectivity index (χ3n) is 3.34. The molecule has 0 aliphatic heterocycles. The zero-order valence-electron chi connectivity index (χ0n) is 14.5. The molecule has 0 amide bonds. The molecule has 0 saturated heterocycles. The molecule has 3 nitrogen and oxygen atoms in total. The average Bonchev–Trinajstić information content (AvgIpc) is 3.35. The standard InChI is InChI=1S/C15H13BF2O3.C5H5.Fe/c1-20-13-7-4-8-14(21-16(17)18)15(13)12(19)10-9-11-5-2-3-6-11;1-2-4-5-3-1;/h2-10,19H,1H3;1-5H;/q;-1;+2/p-1. The molecule has 0 aromatic heterocycles. The number of hydrogen-bond acceptors (Lipinski definition) is 3. The van der Waals surface area contributed by atoms with Crippen LogP contribution >= 0.6 is 0 Å². The molecule has 0 fully saturated rings. The first-order valence-corrected chi connectivity index (χ1v) is 7.84. The van der Waals surface area contributed by atoms with Crippen LogP contribution in [0.1, 0.15) is 5.56 Å². The molecule has 140 valence electrons. The van der Waals surface area contributed by atoms with Crippen LogP contribution in [0.15, 0.2) is 90.6 Å². The Morgan fingerprint density at radius 1 is 1.07 bits per heavy atom. The Morgan fingerprint density at radius 2 is 1.70 bits per heavy atom. The van der Waals surface area contributed by atoms with Gasteiger partial charge < -0.3 is 14.5 Å². The van der Waals surface area contributed by atoms with Gasteiger partial charge in [0.1, 0.15) is 11.5 Å². The van der Waals surface area contributed by atoms with Crippen molar-refractivity contribution in [2.75, 3.05) is 7.11 Å². The van der Waals surface area contributed by atoms with Gasteiger partial charge in [-0.1, -0.05) is 48.3 Å². The van der Waals surface area contributed by atoms with Crippen molar-refractivity contribution >= 4 is 13.2 Å². The van der Waals surface area contributed by atoms with Gasteiger partial charge in [-0.25, -0.2) is 20.8 Å². The molecule has 0 bridgehead atoms. The van der Waals surface area contributed by atoms with Gasteiger partial charge in [0.25, 0.3) is 0 Å². The molecule has 0 heterocycles. The molecule has 27 heavy (non-hydrogen) atoms. The van der Waals surface area contributed by atoms with Crippen molar-refractivity contribution in [3.8, 4) is 11.5 Å². The normalized spacial score (nSPS) is 12.0. The fraction of sp³-hybridized carbons (Fsp3) is 0.0500. The summed E-state index contributed by atoms with van der Waals surface area (Å²) in [6, 6.07) is 14.3. The van der Waals surface area contributed by atoms with Gasteiger partial charge in [0.05, 0.1) is 7.11 Å². The van der Waals surface area contributed by atoms with Crippen LogP contribution in [-0.2, 0) is 17.1 Å². The van der Waals surface area contributed by atoms with Crippen LogP contribution in [0.5, 0.6) is 11.5 Å². The van der Waals surface area contributed by atoms with Crippen LogP contribution in [-0.4, -0.2) is 14.6 Å². The van der Waals surface area contributed by atoms with E-state index in [2.05, 4.69) is 4.65 Å². The quantitative estimate of drug-likeness (QED) is 0.423. The van der Waals surface area contributed by atoms with Crippen molar-refractivity contribution in [1.29, 1.82) is 0 Å². The largest absolute Gasteiger partial charge is 2.00 e. The molecule has 0 saturated carbocycles. The fourth-order valence-corrected chi connectivity index (χ4v) is 2.19. The first kappa shape index (κ1) is 22.4. The number of benzene rings is 1. The first-order valence-electron chi connectivity index (χ1n) is 7.84. The maximum Gasteiger partial charge on any atom is 2.00 e. The van der Waals surface area contributed by atoms with Crippen molar-refractivity contribution in [2.24, 2.45) is 0 Å². The molecular weight excluding hydrogens is 393 g/mol. The third-order valence-corrected chi connectivity index (χ3v) is 3.34. The summed E-state index contributed by atoms with van der Waals surface area (Å²) in [5.74, 6) is -0.490. The monoisotopic (exact) mass is 410 g/mol. The molecular formula is C20H17BF2FeO3. The van der Waals surface area contributed by atoms with Gasteiger partial charge in [-0.15, -0.1) is 0 Å². The van der Waals surface area contributed by atoms with Crippen LogP contribution in [0.3, 0.4) is 0 Å². The predicted molar refractivity (Wildman–Crippen MR) is 98.0 cm³/mol. The molecule has 0 radical (unpaired) electrons.